The Kier molecular flexibility index (Phi) is 5.14. The number of hydrogen-bond acceptors (Lipinski definition) is 6. The van der Waals surface area contributed by atoms with Crippen LogP contribution in [-0.2, 0) is 11.0 Å². The summed E-state index contributed by atoms with van der Waals surface area (Å²) < 4.78 is 45.1. The van der Waals surface area contributed by atoms with Crippen molar-refractivity contribution in [3.63, 3.8) is 0 Å². The number of nitro groups is 1. The first kappa shape index (κ1) is 20.1. The highest BCUT2D eigenvalue weighted by atomic mass is 19.4. The van der Waals surface area contributed by atoms with Crippen LogP contribution in [0.4, 0.5) is 30.2 Å². The second-order valence-electron chi connectivity index (χ2n) is 6.26. The summed E-state index contributed by atoms with van der Waals surface area (Å²) in [5, 5.41) is 15.8. The highest BCUT2D eigenvalue weighted by Crippen LogP contribution is 2.37. The van der Waals surface area contributed by atoms with Crippen LogP contribution in [0.5, 0.6) is 0 Å². The zero-order valence-corrected chi connectivity index (χ0v) is 15.2. The van der Waals surface area contributed by atoms with Gasteiger partial charge in [0.05, 0.1) is 16.2 Å². The quantitative estimate of drug-likeness (QED) is 0.475. The summed E-state index contributed by atoms with van der Waals surface area (Å²) in [5.74, 6) is -0.276. The number of nitrogens with one attached hydrogen (secondary N) is 2. The molecule has 3 rings (SSSR count). The second-order valence-corrected chi connectivity index (χ2v) is 6.26. The zero-order valence-electron chi connectivity index (χ0n) is 15.2. The molecule has 0 spiro atoms. The minimum absolute atomic E-state index is 0.383. The van der Waals surface area contributed by atoms with Gasteiger partial charge in [-0.2, -0.15) is 13.2 Å². The smallest absolute Gasteiger partial charge is 0.418 e. The van der Waals surface area contributed by atoms with Crippen LogP contribution in [0.25, 0.3) is 11.1 Å². The molecule has 3 aromatic rings. The Morgan fingerprint density at radius 2 is 1.97 bits per heavy atom. The van der Waals surface area contributed by atoms with E-state index in [4.69, 9.17) is 4.42 Å². The zero-order chi connectivity index (χ0) is 21.3. The number of alkyl halides is 3. The van der Waals surface area contributed by atoms with Gasteiger partial charge in [-0.1, -0.05) is 0 Å². The van der Waals surface area contributed by atoms with Gasteiger partial charge in [0.1, 0.15) is 11.6 Å². The van der Waals surface area contributed by atoms with Crippen LogP contribution in [0.3, 0.4) is 0 Å². The van der Waals surface area contributed by atoms with Gasteiger partial charge in [0.25, 0.3) is 5.69 Å². The van der Waals surface area contributed by atoms with Crippen LogP contribution in [0.15, 0.2) is 40.8 Å². The number of amides is 1. The van der Waals surface area contributed by atoms with Gasteiger partial charge in [-0.3, -0.25) is 14.9 Å². The average Bonchev–Trinajstić information content (AvgIpc) is 3.00. The molecule has 1 amide bonds. The summed E-state index contributed by atoms with van der Waals surface area (Å²) in [6.45, 7) is 3.15. The number of nitro benzene ring substituents is 1. The molecule has 0 saturated heterocycles. The Bertz CT molecular complexity index is 1090. The van der Waals surface area contributed by atoms with Crippen molar-refractivity contribution in [3.8, 4) is 0 Å². The molecule has 0 fully saturated rings. The van der Waals surface area contributed by atoms with Crippen LogP contribution in [0.2, 0.25) is 0 Å². The standard InChI is InChI=1S/C18H15F3N4O4/c1-9(22-11-3-6-16-15(7-11)23-10(2)29-16)17(26)24-14-5-4-12(25(27)28)8-13(14)18(19,20)21/h3-9,22H,1-2H3,(H,24,26). The average molecular weight is 408 g/mol. The largest absolute Gasteiger partial charge is 0.441 e. The SMILES string of the molecule is Cc1nc2cc(NC(C)C(=O)Nc3ccc([N+](=O)[O-])cc3C(F)(F)F)ccc2o1. The summed E-state index contributed by atoms with van der Waals surface area (Å²) >= 11 is 0. The molecule has 29 heavy (non-hydrogen) atoms. The molecule has 2 N–H and O–H groups in total. The van der Waals surface area contributed by atoms with E-state index in [1.807, 2.05) is 0 Å². The molecule has 0 bridgehead atoms. The van der Waals surface area contributed by atoms with Gasteiger partial charge < -0.3 is 15.1 Å². The molecule has 11 heteroatoms. The molecule has 0 saturated carbocycles. The highest BCUT2D eigenvalue weighted by molar-refractivity contribution is 5.97. The van der Waals surface area contributed by atoms with Crippen molar-refractivity contribution in [3.05, 3.63) is 58.0 Å². The van der Waals surface area contributed by atoms with Gasteiger partial charge in [0.2, 0.25) is 5.91 Å². The van der Waals surface area contributed by atoms with Gasteiger partial charge >= 0.3 is 6.18 Å². The number of carbonyl (C=O) groups is 1. The Balaban J connectivity index is 1.78. The van der Waals surface area contributed by atoms with Crippen molar-refractivity contribution in [1.29, 1.82) is 0 Å². The number of nitrogens with zero attached hydrogens (tertiary/aromatic N) is 2. The van der Waals surface area contributed by atoms with Gasteiger partial charge in [0, 0.05) is 24.7 Å². The van der Waals surface area contributed by atoms with E-state index >= 15 is 0 Å². The lowest BCUT2D eigenvalue weighted by Crippen LogP contribution is -2.32. The monoisotopic (exact) mass is 408 g/mol. The summed E-state index contributed by atoms with van der Waals surface area (Å²) in [5.41, 5.74) is -0.942. The minimum atomic E-state index is -4.87. The van der Waals surface area contributed by atoms with Crippen molar-refractivity contribution < 1.29 is 27.3 Å². The molecule has 1 aromatic heterocycles. The topological polar surface area (TPSA) is 110 Å². The minimum Gasteiger partial charge on any atom is -0.441 e. The number of fused-ring (bicyclic) bond motifs is 1. The predicted octanol–water partition coefficient (Wildman–Crippen LogP) is 4.50. The molecule has 8 nitrogen and oxygen atoms in total. The fourth-order valence-electron chi connectivity index (χ4n) is 2.68. The summed E-state index contributed by atoms with van der Waals surface area (Å²) in [4.78, 5) is 26.4. The van der Waals surface area contributed by atoms with E-state index in [0.29, 0.717) is 28.7 Å². The van der Waals surface area contributed by atoms with E-state index in [1.54, 1.807) is 25.1 Å². The summed E-state index contributed by atoms with van der Waals surface area (Å²) in [6, 6.07) is 6.16. The number of benzene rings is 2. The van der Waals surface area contributed by atoms with E-state index in [9.17, 15) is 28.1 Å². The third kappa shape index (κ3) is 4.45. The fraction of sp³-hybridized carbons (Fsp3) is 0.222. The number of non-ortho nitro benzene ring substituents is 1. The Hall–Kier alpha value is -3.63. The molecule has 0 radical (unpaired) electrons. The van der Waals surface area contributed by atoms with Crippen LogP contribution >= 0.6 is 0 Å². The number of aromatic nitrogens is 1. The molecule has 152 valence electrons. The maximum Gasteiger partial charge on any atom is 0.418 e. The lowest BCUT2D eigenvalue weighted by molar-refractivity contribution is -0.385. The van der Waals surface area contributed by atoms with Crippen molar-refractivity contribution in [1.82, 2.24) is 4.98 Å². The first-order valence-corrected chi connectivity index (χ1v) is 8.35. The number of aryl methyl sites for hydroxylation is 1. The Morgan fingerprint density at radius 3 is 2.62 bits per heavy atom. The maximum atomic E-state index is 13.2. The fourth-order valence-corrected chi connectivity index (χ4v) is 2.68. The van der Waals surface area contributed by atoms with Gasteiger partial charge in [0.15, 0.2) is 11.5 Å². The van der Waals surface area contributed by atoms with E-state index in [-0.39, 0.29) is 0 Å². The van der Waals surface area contributed by atoms with Gasteiger partial charge in [-0.25, -0.2) is 4.98 Å². The number of anilines is 2. The van der Waals surface area contributed by atoms with Crippen molar-refractivity contribution in [2.75, 3.05) is 10.6 Å². The van der Waals surface area contributed by atoms with Crippen LogP contribution in [-0.4, -0.2) is 21.9 Å². The number of hydrogen-bond donors (Lipinski definition) is 2. The van der Waals surface area contributed by atoms with Gasteiger partial charge in [-0.05, 0) is 31.2 Å². The Labute approximate surface area is 161 Å². The normalized spacial score (nSPS) is 12.6. The van der Waals surface area contributed by atoms with Crippen LogP contribution in [0, 0.1) is 17.0 Å². The van der Waals surface area contributed by atoms with E-state index in [1.165, 1.54) is 6.92 Å². The molecule has 1 heterocycles. The summed E-state index contributed by atoms with van der Waals surface area (Å²) in [7, 11) is 0. The van der Waals surface area contributed by atoms with Crippen molar-refractivity contribution >= 4 is 34.1 Å². The van der Waals surface area contributed by atoms with Crippen molar-refractivity contribution in [2.45, 2.75) is 26.1 Å². The maximum absolute atomic E-state index is 13.2. The molecule has 0 aliphatic heterocycles. The third-order valence-electron chi connectivity index (χ3n) is 4.05. The predicted molar refractivity (Wildman–Crippen MR) is 98.6 cm³/mol. The van der Waals surface area contributed by atoms with E-state index in [0.717, 1.165) is 12.1 Å². The van der Waals surface area contributed by atoms with E-state index in [2.05, 4.69) is 15.6 Å². The molecule has 2 aromatic carbocycles. The molecule has 1 atom stereocenters. The van der Waals surface area contributed by atoms with Crippen LogP contribution in [0.1, 0.15) is 18.4 Å². The number of oxazole rings is 1. The number of rotatable bonds is 5. The van der Waals surface area contributed by atoms with E-state index < -0.39 is 40.0 Å². The van der Waals surface area contributed by atoms with Crippen molar-refractivity contribution in [2.24, 2.45) is 0 Å². The molecule has 0 aliphatic carbocycles. The molecule has 1 unspecified atom stereocenters. The second kappa shape index (κ2) is 7.41. The lowest BCUT2D eigenvalue weighted by Gasteiger charge is -2.18. The number of halogens is 3. The first-order valence-electron chi connectivity index (χ1n) is 8.35. The van der Waals surface area contributed by atoms with Crippen LogP contribution < -0.4 is 10.6 Å². The summed E-state index contributed by atoms with van der Waals surface area (Å²) in [6.07, 6.45) is -4.87. The molecular weight excluding hydrogens is 393 g/mol. The first-order chi connectivity index (χ1) is 13.5. The van der Waals surface area contributed by atoms with Gasteiger partial charge in [-0.15, -0.1) is 0 Å². The Morgan fingerprint density at radius 1 is 1.24 bits per heavy atom. The molecular formula is C18H15F3N4O4. The highest BCUT2D eigenvalue weighted by Gasteiger charge is 2.36. The third-order valence-corrected chi connectivity index (χ3v) is 4.05. The number of carbonyl (C=O) groups excluding carboxylic acids is 1. The molecule has 0 aliphatic rings. The lowest BCUT2D eigenvalue weighted by atomic mass is 10.1.